The molecular weight excluding hydrogens is 1680 g/mol. The summed E-state index contributed by atoms with van der Waals surface area (Å²) in [6, 6.07) is 9.93. The average Bonchev–Trinajstić information content (AvgIpc) is 0.855. The van der Waals surface area contributed by atoms with Crippen molar-refractivity contribution in [2.75, 3.05) is 79.5 Å². The Morgan fingerprint density at radius 1 is 0.452 bits per heavy atom. The monoisotopic (exact) mass is 1810 g/mol. The Hall–Kier alpha value is -12.0. The van der Waals surface area contributed by atoms with Crippen LogP contribution < -0.4 is 4.74 Å². The van der Waals surface area contributed by atoms with Gasteiger partial charge in [-0.3, -0.25) is 24.5 Å². The molecule has 702 valence electrons. The SMILES string of the molecule is CC(C)(C)OC(=O)CCN=C=S.CCCC(N=C=O)C(=S)OCC.CCCCCCCCCCCN=C=O.CCOC(=O)C(C)N=C=O.CCOC(=O)C(CC(C)C)N=C=O.CCOC(=O)C(Cc1ccccc1)N=C=O.CCOC(=O)C(N=C=O)C(C)C.CCOC(=O)CCCCCN=C=O.CCOC(=O)CCN=C=O.COc1ccc([N+](=O)[O-])cc1N=C=O. The molecule has 2 rings (SSSR count). The Morgan fingerprint density at radius 3 is 1.31 bits per heavy atom. The zero-order valence-corrected chi connectivity index (χ0v) is 77.8. The first kappa shape index (κ1) is 130. The molecule has 0 aromatic heterocycles. The van der Waals surface area contributed by atoms with E-state index >= 15 is 0 Å². The first-order valence-electron chi connectivity index (χ1n) is 41.0. The molecule has 40 heteroatoms. The van der Waals surface area contributed by atoms with E-state index < -0.39 is 58.6 Å². The Morgan fingerprint density at radius 2 is 0.881 bits per heavy atom. The lowest BCUT2D eigenvalue weighted by Crippen LogP contribution is -2.26. The second kappa shape index (κ2) is 96.9. The van der Waals surface area contributed by atoms with Crippen molar-refractivity contribution in [1.29, 1.82) is 0 Å². The standard InChI is InChI=1S/C12H13NO3.C12H23NO.2C9H15NO3.C8H6N2O4.C8H13NO3.2C8H13NO2S.2C6H9NO3/c1-2-16-12(15)11(13-9-14)8-10-6-4-3-5-7-10;1-2-3-4-5-6-7-8-9-10-11-13-12-14;1-4-13-9(12)8(10-6-11)5-7(2)3;1-2-13-9(12)6-4-3-5-7-10-8-11;1-14-8-3-2-6(10(12)13)4-7(8)9-5-11;1-4-12-8(11)7(6(2)3)9-5-10;1-8(2,3)11-7(10)4-5-9-6-12;1-3-5-7(9-6-10)8(12)11-4-2;1-3-10-6(9)5(2)7-4-8;1-2-10-6(9)3-4-7-5-8/h3-7,11H,2,8H2,1H3;2-11H2,1H3;7-8H,4-5H2,1-3H3;2-7H2,1H3;2-4H,1H3;6-7H,4H2,1-3H3;4-5H2,1-3H3;7H,3-5H2,1-2H3;5H,3H2,1-2H3;2-4H2,1H3. The van der Waals surface area contributed by atoms with Gasteiger partial charge in [0.1, 0.15) is 23.1 Å². The Balaban J connectivity index is -0.000000205. The van der Waals surface area contributed by atoms with Crippen molar-refractivity contribution >= 4 is 143 Å². The van der Waals surface area contributed by atoms with Gasteiger partial charge in [0.25, 0.3) is 5.69 Å². The van der Waals surface area contributed by atoms with Gasteiger partial charge >= 0.3 is 41.8 Å². The minimum absolute atomic E-state index is 0.0366. The van der Waals surface area contributed by atoms with Crippen LogP contribution >= 0.6 is 24.4 Å². The molecule has 38 nitrogen and oxygen atoms in total. The highest BCUT2D eigenvalue weighted by Crippen LogP contribution is 2.31. The van der Waals surface area contributed by atoms with E-state index in [0.717, 1.165) is 50.2 Å². The van der Waals surface area contributed by atoms with E-state index in [1.807, 2.05) is 78.8 Å². The van der Waals surface area contributed by atoms with Crippen LogP contribution in [-0.4, -0.2) is 227 Å². The number of ether oxygens (including phenoxy) is 9. The zero-order chi connectivity index (χ0) is 97.4. The quantitative estimate of drug-likeness (QED) is 0.00867. The topological polar surface area (TPSA) is 523 Å². The van der Waals surface area contributed by atoms with E-state index in [2.05, 4.69) is 83.7 Å². The van der Waals surface area contributed by atoms with Gasteiger partial charge in [0.05, 0.1) is 102 Å². The van der Waals surface area contributed by atoms with Crippen molar-refractivity contribution in [3.05, 3.63) is 64.2 Å². The van der Waals surface area contributed by atoms with Crippen molar-refractivity contribution in [3.8, 4) is 5.75 Å². The minimum atomic E-state index is -0.792. The fourth-order valence-corrected chi connectivity index (χ4v) is 9.02. The maximum Gasteiger partial charge on any atom is 0.332 e. The van der Waals surface area contributed by atoms with Crippen LogP contribution in [0.15, 0.2) is 98.5 Å². The minimum Gasteiger partial charge on any atom is -0.494 e. The first-order chi connectivity index (χ1) is 60.2. The molecule has 0 aliphatic heterocycles. The van der Waals surface area contributed by atoms with Crippen molar-refractivity contribution in [1.82, 2.24) is 0 Å². The molecule has 5 unspecified atom stereocenters. The number of isocyanates is 9. The van der Waals surface area contributed by atoms with Gasteiger partial charge in [-0.2, -0.15) is 30.0 Å². The molecule has 0 amide bonds. The number of methoxy groups -OCH3 is 1. The summed E-state index contributed by atoms with van der Waals surface area (Å²) in [5.74, 6) is -2.08. The Labute approximate surface area is 749 Å². The van der Waals surface area contributed by atoms with E-state index in [0.29, 0.717) is 95.3 Å². The van der Waals surface area contributed by atoms with Gasteiger partial charge in [-0.25, -0.2) is 82.3 Å². The number of esters is 7. The molecule has 0 heterocycles. The molecule has 0 N–H and O–H groups in total. The fourth-order valence-electron chi connectivity index (χ4n) is 8.64. The van der Waals surface area contributed by atoms with Crippen LogP contribution in [0.1, 0.15) is 239 Å². The zero-order valence-electron chi connectivity index (χ0n) is 76.1. The molecule has 0 aliphatic rings. The number of carbonyl (C=O) groups is 7. The molecular formula is C86H129N11O27S2. The highest BCUT2D eigenvalue weighted by molar-refractivity contribution is 7.80. The van der Waals surface area contributed by atoms with Crippen LogP contribution in [0.3, 0.4) is 0 Å². The van der Waals surface area contributed by atoms with Crippen molar-refractivity contribution < 1.29 is 124 Å². The normalized spacial score (nSPS) is 10.4. The van der Waals surface area contributed by atoms with E-state index in [-0.39, 0.29) is 67.2 Å². The van der Waals surface area contributed by atoms with Crippen LogP contribution in [0.4, 0.5) is 11.4 Å². The first-order valence-corrected chi connectivity index (χ1v) is 41.8. The van der Waals surface area contributed by atoms with Gasteiger partial charge in [-0.05, 0) is 156 Å². The summed E-state index contributed by atoms with van der Waals surface area (Å²) in [4.78, 5) is 209. The van der Waals surface area contributed by atoms with Crippen molar-refractivity contribution in [3.63, 3.8) is 0 Å². The van der Waals surface area contributed by atoms with Crippen LogP contribution in [0.2, 0.25) is 0 Å². The molecule has 126 heavy (non-hydrogen) atoms. The lowest BCUT2D eigenvalue weighted by Gasteiger charge is -2.18. The van der Waals surface area contributed by atoms with Gasteiger partial charge in [-0.1, -0.05) is 136 Å². The summed E-state index contributed by atoms with van der Waals surface area (Å²) < 4.78 is 43.0. The van der Waals surface area contributed by atoms with Crippen molar-refractivity contribution in [2.24, 2.45) is 61.8 Å². The van der Waals surface area contributed by atoms with Gasteiger partial charge in [0.2, 0.25) is 54.7 Å². The second-order valence-corrected chi connectivity index (χ2v) is 27.0. The predicted octanol–water partition coefficient (Wildman–Crippen LogP) is 14.8. The van der Waals surface area contributed by atoms with Gasteiger partial charge in [0.15, 0.2) is 29.2 Å². The second-order valence-electron chi connectivity index (χ2n) is 26.4. The van der Waals surface area contributed by atoms with E-state index in [4.69, 9.17) is 45.4 Å². The molecule has 2 aromatic carbocycles. The molecule has 0 spiro atoms. The molecule has 0 saturated carbocycles. The third kappa shape index (κ3) is 91.3. The molecule has 0 radical (unpaired) electrons. The van der Waals surface area contributed by atoms with E-state index in [1.165, 1.54) is 126 Å². The van der Waals surface area contributed by atoms with Crippen LogP contribution in [0, 0.1) is 22.0 Å². The molecule has 2 aromatic rings. The lowest BCUT2D eigenvalue weighted by atomic mass is 10.0. The number of thiocarbonyl (C=S) groups is 2. The molecule has 0 bridgehead atoms. The number of aliphatic imine (C=N–C) groups is 10. The van der Waals surface area contributed by atoms with Gasteiger partial charge in [0, 0.05) is 25.0 Å². The number of nitro benzene ring substituents is 1. The maximum atomic E-state index is 11.4. The number of rotatable bonds is 49. The number of hydrogen-bond acceptors (Lipinski definition) is 39. The lowest BCUT2D eigenvalue weighted by molar-refractivity contribution is -0.384. The molecule has 5 atom stereocenters. The predicted molar refractivity (Wildman–Crippen MR) is 476 cm³/mol. The van der Waals surface area contributed by atoms with Crippen LogP contribution in [-0.2, 0) is 121 Å². The Bertz CT molecular complexity index is 3820. The molecule has 0 aliphatic carbocycles. The summed E-state index contributed by atoms with van der Waals surface area (Å²) in [6.45, 7) is 35.1. The summed E-state index contributed by atoms with van der Waals surface area (Å²) in [6.07, 6.45) is 30.3. The van der Waals surface area contributed by atoms with Gasteiger partial charge in [-0.15, -0.1) is 0 Å². The van der Waals surface area contributed by atoms with E-state index in [9.17, 15) is 86.8 Å². The van der Waals surface area contributed by atoms with E-state index in [1.54, 1.807) is 61.5 Å². The van der Waals surface area contributed by atoms with Gasteiger partial charge < -0.3 is 42.6 Å². The third-order valence-corrected chi connectivity index (χ3v) is 14.8. The number of carbonyl (C=O) groups excluding carboxylic acids is 16. The summed E-state index contributed by atoms with van der Waals surface area (Å²) in [7, 11) is 1.38. The molecule has 0 fully saturated rings. The fraction of sp³-hybridized carbons (Fsp3) is 0.651. The number of benzene rings is 2. The van der Waals surface area contributed by atoms with Crippen molar-refractivity contribution in [2.45, 2.75) is 276 Å². The number of nitrogens with zero attached hydrogens (tertiary/aromatic N) is 11. The summed E-state index contributed by atoms with van der Waals surface area (Å²) >= 11 is 9.26. The number of non-ortho nitro benzene ring substituents is 1. The number of hydrogen-bond donors (Lipinski definition) is 0. The highest BCUT2D eigenvalue weighted by Gasteiger charge is 2.24. The smallest absolute Gasteiger partial charge is 0.332 e. The maximum absolute atomic E-state index is 11.4. The van der Waals surface area contributed by atoms with Crippen LogP contribution in [0.25, 0.3) is 0 Å². The number of nitro groups is 1. The highest BCUT2D eigenvalue weighted by atomic mass is 32.1. The summed E-state index contributed by atoms with van der Waals surface area (Å²) in [5.41, 5.74) is 0.453. The van der Waals surface area contributed by atoms with Crippen LogP contribution in [0.5, 0.6) is 5.75 Å². The number of unbranched alkanes of at least 4 members (excludes halogenated alkanes) is 10. The third-order valence-electron chi connectivity index (χ3n) is 14.3. The largest absolute Gasteiger partial charge is 0.494 e. The summed E-state index contributed by atoms with van der Waals surface area (Å²) in [5, 5.41) is 13.0. The average molecular weight is 1810 g/mol. The Kier molecular flexibility index (Phi) is 99.6. The molecule has 0 saturated heterocycles. The number of isothiocyanates is 1.